The van der Waals surface area contributed by atoms with Gasteiger partial charge in [0.2, 0.25) is 5.78 Å². The molecule has 0 bridgehead atoms. The van der Waals surface area contributed by atoms with Crippen molar-refractivity contribution in [3.63, 3.8) is 0 Å². The largest absolute Gasteiger partial charge is 0.460 e. The molecular formula is C20H18O3. The average Bonchev–Trinajstić information content (AvgIpc) is 2.60. The number of Topliss-reactive ketones (excluding diaryl/α,β-unsaturated/α-hetero) is 1. The van der Waals surface area contributed by atoms with Crippen molar-refractivity contribution in [1.82, 2.24) is 0 Å². The third-order valence-corrected chi connectivity index (χ3v) is 4.14. The molecule has 3 heteroatoms. The van der Waals surface area contributed by atoms with Crippen LogP contribution in [0.1, 0.15) is 25.3 Å². The van der Waals surface area contributed by atoms with Crippen LogP contribution < -0.4 is 0 Å². The third-order valence-electron chi connectivity index (χ3n) is 4.14. The van der Waals surface area contributed by atoms with Crippen molar-refractivity contribution in [3.05, 3.63) is 60.2 Å². The molecule has 0 radical (unpaired) electrons. The van der Waals surface area contributed by atoms with Crippen LogP contribution >= 0.6 is 0 Å². The zero-order valence-corrected chi connectivity index (χ0v) is 13.2. The molecule has 1 atom stereocenters. The van der Waals surface area contributed by atoms with Crippen LogP contribution in [0.5, 0.6) is 0 Å². The first kappa shape index (κ1) is 15.2. The van der Waals surface area contributed by atoms with Gasteiger partial charge in [0.15, 0.2) is 0 Å². The summed E-state index contributed by atoms with van der Waals surface area (Å²) in [5.41, 5.74) is 0.859. The monoisotopic (exact) mass is 306 g/mol. The van der Waals surface area contributed by atoms with Crippen LogP contribution in [0.2, 0.25) is 0 Å². The van der Waals surface area contributed by atoms with Gasteiger partial charge in [0.25, 0.3) is 0 Å². The molecule has 0 aliphatic carbocycles. The fourth-order valence-electron chi connectivity index (χ4n) is 2.97. The second-order valence-corrected chi connectivity index (χ2v) is 5.54. The summed E-state index contributed by atoms with van der Waals surface area (Å²) in [6, 6.07) is 18.0. The number of ether oxygens (including phenoxy) is 1. The van der Waals surface area contributed by atoms with E-state index in [0.717, 1.165) is 27.1 Å². The second kappa shape index (κ2) is 6.21. The number of benzene rings is 3. The Balaban J connectivity index is 2.19. The lowest BCUT2D eigenvalue weighted by Crippen LogP contribution is -2.23. The minimum atomic E-state index is -0.766. The maximum atomic E-state index is 12.3. The van der Waals surface area contributed by atoms with Gasteiger partial charge in [-0.15, -0.1) is 0 Å². The predicted molar refractivity (Wildman–Crippen MR) is 91.5 cm³/mol. The summed E-state index contributed by atoms with van der Waals surface area (Å²) >= 11 is 0. The third kappa shape index (κ3) is 2.70. The van der Waals surface area contributed by atoms with E-state index >= 15 is 0 Å². The first-order valence-corrected chi connectivity index (χ1v) is 7.74. The van der Waals surface area contributed by atoms with Gasteiger partial charge in [-0.05, 0) is 34.0 Å². The molecule has 0 aliphatic rings. The molecule has 0 spiro atoms. The van der Waals surface area contributed by atoms with E-state index in [-0.39, 0.29) is 6.61 Å². The lowest BCUT2D eigenvalue weighted by Gasteiger charge is -2.15. The molecule has 0 N–H and O–H groups in total. The number of esters is 1. The molecule has 3 nitrogen and oxygen atoms in total. The maximum Gasteiger partial charge on any atom is 0.375 e. The van der Waals surface area contributed by atoms with Crippen molar-refractivity contribution in [2.75, 3.05) is 6.61 Å². The SMILES string of the molecule is CCOC(=O)C(=O)C(C)c1cccc2ccc3ccccc3c12. The summed E-state index contributed by atoms with van der Waals surface area (Å²) in [4.78, 5) is 24.1. The van der Waals surface area contributed by atoms with Gasteiger partial charge in [0, 0.05) is 0 Å². The van der Waals surface area contributed by atoms with Crippen LogP contribution in [0.3, 0.4) is 0 Å². The van der Waals surface area contributed by atoms with E-state index in [2.05, 4.69) is 6.07 Å². The zero-order valence-electron chi connectivity index (χ0n) is 13.2. The van der Waals surface area contributed by atoms with Crippen LogP contribution in [0.25, 0.3) is 21.5 Å². The highest BCUT2D eigenvalue weighted by molar-refractivity contribution is 6.36. The van der Waals surface area contributed by atoms with Crippen molar-refractivity contribution < 1.29 is 14.3 Å². The normalized spacial score (nSPS) is 12.3. The summed E-state index contributed by atoms with van der Waals surface area (Å²) in [6.45, 7) is 3.66. The number of ketones is 1. The molecule has 3 aromatic rings. The molecule has 3 rings (SSSR count). The van der Waals surface area contributed by atoms with E-state index in [9.17, 15) is 9.59 Å². The van der Waals surface area contributed by atoms with Crippen LogP contribution in [-0.4, -0.2) is 18.4 Å². The van der Waals surface area contributed by atoms with Crippen LogP contribution in [0.4, 0.5) is 0 Å². The Labute approximate surface area is 134 Å². The number of fused-ring (bicyclic) bond motifs is 3. The Bertz CT molecular complexity index is 896. The van der Waals surface area contributed by atoms with Crippen molar-refractivity contribution in [2.24, 2.45) is 0 Å². The fourth-order valence-corrected chi connectivity index (χ4v) is 2.97. The first-order chi connectivity index (χ1) is 11.1. The summed E-state index contributed by atoms with van der Waals surface area (Å²) in [5, 5.41) is 4.28. The average molecular weight is 306 g/mol. The lowest BCUT2D eigenvalue weighted by atomic mass is 9.89. The van der Waals surface area contributed by atoms with E-state index in [1.807, 2.05) is 48.5 Å². The van der Waals surface area contributed by atoms with Crippen LogP contribution in [0, 0.1) is 0 Å². The molecule has 0 aromatic heterocycles. The Hall–Kier alpha value is -2.68. The van der Waals surface area contributed by atoms with Crippen molar-refractivity contribution in [3.8, 4) is 0 Å². The Morgan fingerprint density at radius 1 is 0.957 bits per heavy atom. The van der Waals surface area contributed by atoms with E-state index in [1.54, 1.807) is 13.8 Å². The quantitative estimate of drug-likeness (QED) is 0.411. The number of carbonyl (C=O) groups is 2. The molecule has 0 aliphatic heterocycles. The van der Waals surface area contributed by atoms with Gasteiger partial charge in [0.1, 0.15) is 0 Å². The molecule has 0 heterocycles. The van der Waals surface area contributed by atoms with Gasteiger partial charge in [-0.3, -0.25) is 4.79 Å². The molecule has 1 unspecified atom stereocenters. The van der Waals surface area contributed by atoms with Crippen molar-refractivity contribution in [1.29, 1.82) is 0 Å². The molecule has 0 amide bonds. The Kier molecular flexibility index (Phi) is 4.11. The number of hydrogen-bond acceptors (Lipinski definition) is 3. The second-order valence-electron chi connectivity index (χ2n) is 5.54. The van der Waals surface area contributed by atoms with E-state index in [1.165, 1.54) is 0 Å². The highest BCUT2D eigenvalue weighted by Crippen LogP contribution is 2.32. The first-order valence-electron chi connectivity index (χ1n) is 7.74. The summed E-state index contributed by atoms with van der Waals surface area (Å²) in [7, 11) is 0. The molecular weight excluding hydrogens is 288 g/mol. The van der Waals surface area contributed by atoms with Crippen LogP contribution in [0.15, 0.2) is 54.6 Å². The maximum absolute atomic E-state index is 12.3. The van der Waals surface area contributed by atoms with E-state index in [0.29, 0.717) is 0 Å². The Morgan fingerprint density at radius 3 is 2.43 bits per heavy atom. The van der Waals surface area contributed by atoms with Gasteiger partial charge < -0.3 is 4.74 Å². The number of rotatable bonds is 4. The smallest absolute Gasteiger partial charge is 0.375 e. The standard InChI is InChI=1S/C20H18O3/c1-3-23-20(22)19(21)13(2)16-10-6-8-15-12-11-14-7-4-5-9-17(14)18(15)16/h4-13H,3H2,1-2H3. The molecule has 0 saturated heterocycles. The molecule has 0 saturated carbocycles. The van der Waals surface area contributed by atoms with Crippen LogP contribution in [-0.2, 0) is 14.3 Å². The minimum Gasteiger partial charge on any atom is -0.460 e. The number of hydrogen-bond donors (Lipinski definition) is 0. The highest BCUT2D eigenvalue weighted by atomic mass is 16.5. The fraction of sp³-hybridized carbons (Fsp3) is 0.200. The minimum absolute atomic E-state index is 0.204. The van der Waals surface area contributed by atoms with E-state index < -0.39 is 17.7 Å². The van der Waals surface area contributed by atoms with Crippen molar-refractivity contribution >= 4 is 33.3 Å². The molecule has 23 heavy (non-hydrogen) atoms. The summed E-state index contributed by atoms with van der Waals surface area (Å²) in [5.74, 6) is -1.81. The van der Waals surface area contributed by atoms with Gasteiger partial charge in [-0.2, -0.15) is 0 Å². The topological polar surface area (TPSA) is 43.4 Å². The number of carbonyl (C=O) groups excluding carboxylic acids is 2. The van der Waals surface area contributed by atoms with Gasteiger partial charge in [-0.1, -0.05) is 61.5 Å². The molecule has 3 aromatic carbocycles. The lowest BCUT2D eigenvalue weighted by molar-refractivity contribution is -0.154. The molecule has 116 valence electrons. The van der Waals surface area contributed by atoms with Crippen molar-refractivity contribution in [2.45, 2.75) is 19.8 Å². The molecule has 0 fully saturated rings. The summed E-state index contributed by atoms with van der Waals surface area (Å²) < 4.78 is 4.86. The van der Waals surface area contributed by atoms with Gasteiger partial charge in [0.05, 0.1) is 12.5 Å². The predicted octanol–water partition coefficient (Wildman–Crippen LogP) is 4.23. The van der Waals surface area contributed by atoms with Gasteiger partial charge in [-0.25, -0.2) is 4.79 Å². The highest BCUT2D eigenvalue weighted by Gasteiger charge is 2.25. The summed E-state index contributed by atoms with van der Waals surface area (Å²) in [6.07, 6.45) is 0. The van der Waals surface area contributed by atoms with E-state index in [4.69, 9.17) is 4.74 Å². The zero-order chi connectivity index (χ0) is 16.4. The van der Waals surface area contributed by atoms with Gasteiger partial charge >= 0.3 is 5.97 Å². The Morgan fingerprint density at radius 2 is 1.65 bits per heavy atom.